The fourth-order valence-corrected chi connectivity index (χ4v) is 5.62. The number of hydrogen-bond acceptors (Lipinski definition) is 4. The van der Waals surface area contributed by atoms with E-state index in [1.807, 2.05) is 17.0 Å². The van der Waals surface area contributed by atoms with Gasteiger partial charge in [-0.05, 0) is 55.7 Å². The smallest absolute Gasteiger partial charge is 0.243 e. The second kappa shape index (κ2) is 8.71. The standard InChI is InChI=1S/C20H31N3O3S/c1-16-10-13-23(18(14-16)15-21)20(24)9-6-17-4-7-19(8-5-17)27(25,26)22-11-2-3-12-22/h4-5,7-8,16,18H,2-3,6,9-15,21H2,1H3. The molecule has 2 saturated heterocycles. The Labute approximate surface area is 162 Å². The van der Waals surface area contributed by atoms with E-state index in [2.05, 4.69) is 6.92 Å². The van der Waals surface area contributed by atoms with Gasteiger partial charge in [-0.15, -0.1) is 0 Å². The number of benzene rings is 1. The molecule has 0 saturated carbocycles. The van der Waals surface area contributed by atoms with Crippen molar-refractivity contribution in [3.8, 4) is 0 Å². The lowest BCUT2D eigenvalue weighted by atomic mass is 9.92. The van der Waals surface area contributed by atoms with Gasteiger partial charge in [-0.3, -0.25) is 4.79 Å². The molecular weight excluding hydrogens is 362 g/mol. The van der Waals surface area contributed by atoms with Crippen LogP contribution in [0.5, 0.6) is 0 Å². The Kier molecular flexibility index (Phi) is 6.55. The van der Waals surface area contributed by atoms with E-state index >= 15 is 0 Å². The number of likely N-dealkylation sites (tertiary alicyclic amines) is 1. The van der Waals surface area contributed by atoms with Crippen molar-refractivity contribution in [3.63, 3.8) is 0 Å². The molecule has 0 aromatic heterocycles. The maximum atomic E-state index is 12.6. The highest BCUT2D eigenvalue weighted by Crippen LogP contribution is 2.24. The molecule has 2 aliphatic heterocycles. The van der Waals surface area contributed by atoms with Crippen LogP contribution in [-0.4, -0.2) is 55.8 Å². The second-order valence-electron chi connectivity index (χ2n) is 7.86. The van der Waals surface area contributed by atoms with Gasteiger partial charge in [-0.1, -0.05) is 19.1 Å². The first-order chi connectivity index (χ1) is 12.9. The van der Waals surface area contributed by atoms with Gasteiger partial charge in [0.25, 0.3) is 0 Å². The lowest BCUT2D eigenvalue weighted by Gasteiger charge is -2.38. The van der Waals surface area contributed by atoms with Crippen LogP contribution in [0.25, 0.3) is 0 Å². The zero-order valence-electron chi connectivity index (χ0n) is 16.1. The lowest BCUT2D eigenvalue weighted by molar-refractivity contribution is -0.135. The molecule has 1 aromatic carbocycles. The first kappa shape index (κ1) is 20.3. The zero-order valence-corrected chi connectivity index (χ0v) is 17.0. The summed E-state index contributed by atoms with van der Waals surface area (Å²) in [5, 5.41) is 0. The fraction of sp³-hybridized carbons (Fsp3) is 0.650. The molecule has 2 aliphatic rings. The Bertz CT molecular complexity index is 742. The van der Waals surface area contributed by atoms with Gasteiger partial charge in [0, 0.05) is 38.6 Å². The normalized spacial score (nSPS) is 24.3. The molecular formula is C20H31N3O3S. The molecule has 150 valence electrons. The van der Waals surface area contributed by atoms with Gasteiger partial charge in [0.05, 0.1) is 4.90 Å². The Balaban J connectivity index is 1.58. The first-order valence-electron chi connectivity index (χ1n) is 10.0. The molecule has 2 fully saturated rings. The molecule has 2 heterocycles. The number of rotatable bonds is 6. The van der Waals surface area contributed by atoms with Crippen LogP contribution in [0, 0.1) is 5.92 Å². The number of carbonyl (C=O) groups excluding carboxylic acids is 1. The quantitative estimate of drug-likeness (QED) is 0.801. The summed E-state index contributed by atoms with van der Waals surface area (Å²) in [7, 11) is -3.38. The minimum Gasteiger partial charge on any atom is -0.338 e. The Morgan fingerprint density at radius 1 is 1.15 bits per heavy atom. The predicted octanol–water partition coefficient (Wildman–Crippen LogP) is 1.99. The average Bonchev–Trinajstić information content (AvgIpc) is 3.22. The molecule has 27 heavy (non-hydrogen) atoms. The molecule has 3 rings (SSSR count). The molecule has 0 aliphatic carbocycles. The van der Waals surface area contributed by atoms with Crippen molar-refractivity contribution in [1.82, 2.24) is 9.21 Å². The molecule has 1 aromatic rings. The highest BCUT2D eigenvalue weighted by Gasteiger charge is 2.29. The number of piperidine rings is 1. The highest BCUT2D eigenvalue weighted by atomic mass is 32.2. The summed E-state index contributed by atoms with van der Waals surface area (Å²) in [5.41, 5.74) is 6.84. The van der Waals surface area contributed by atoms with E-state index in [0.717, 1.165) is 37.8 Å². The van der Waals surface area contributed by atoms with Crippen molar-refractivity contribution >= 4 is 15.9 Å². The number of amides is 1. The molecule has 0 radical (unpaired) electrons. The van der Waals surface area contributed by atoms with E-state index in [1.54, 1.807) is 16.4 Å². The van der Waals surface area contributed by atoms with E-state index in [1.165, 1.54) is 0 Å². The van der Waals surface area contributed by atoms with Crippen molar-refractivity contribution in [2.24, 2.45) is 11.7 Å². The van der Waals surface area contributed by atoms with Crippen LogP contribution in [-0.2, 0) is 21.2 Å². The summed E-state index contributed by atoms with van der Waals surface area (Å²) in [6.07, 6.45) is 4.92. The van der Waals surface area contributed by atoms with Crippen molar-refractivity contribution in [2.75, 3.05) is 26.2 Å². The summed E-state index contributed by atoms with van der Waals surface area (Å²) >= 11 is 0. The van der Waals surface area contributed by atoms with Crippen molar-refractivity contribution in [1.29, 1.82) is 0 Å². The van der Waals surface area contributed by atoms with Crippen molar-refractivity contribution in [3.05, 3.63) is 29.8 Å². The number of nitrogens with two attached hydrogens (primary N) is 1. The monoisotopic (exact) mass is 393 g/mol. The molecule has 2 unspecified atom stereocenters. The van der Waals surface area contributed by atoms with Crippen molar-refractivity contribution in [2.45, 2.75) is 56.4 Å². The first-order valence-corrected chi connectivity index (χ1v) is 11.4. The molecule has 7 heteroatoms. The Morgan fingerprint density at radius 2 is 1.81 bits per heavy atom. The SMILES string of the molecule is CC1CCN(C(=O)CCc2ccc(S(=O)(=O)N3CCCC3)cc2)C(CN)C1. The third-order valence-corrected chi connectivity index (χ3v) is 7.74. The number of aryl methyl sites for hydroxylation is 1. The summed E-state index contributed by atoms with van der Waals surface area (Å²) in [4.78, 5) is 14.9. The van der Waals surface area contributed by atoms with E-state index in [9.17, 15) is 13.2 Å². The minimum absolute atomic E-state index is 0.145. The molecule has 2 atom stereocenters. The van der Waals surface area contributed by atoms with Crippen LogP contribution in [0.4, 0.5) is 0 Å². The Morgan fingerprint density at radius 3 is 2.44 bits per heavy atom. The minimum atomic E-state index is -3.38. The summed E-state index contributed by atoms with van der Waals surface area (Å²) in [6.45, 7) is 4.72. The summed E-state index contributed by atoms with van der Waals surface area (Å²) in [5.74, 6) is 0.763. The molecule has 1 amide bonds. The number of sulfonamides is 1. The van der Waals surface area contributed by atoms with Crippen LogP contribution in [0.1, 0.15) is 44.6 Å². The molecule has 0 bridgehead atoms. The third kappa shape index (κ3) is 4.70. The largest absolute Gasteiger partial charge is 0.338 e. The summed E-state index contributed by atoms with van der Waals surface area (Å²) < 4.78 is 26.7. The van der Waals surface area contributed by atoms with Gasteiger partial charge in [-0.2, -0.15) is 4.31 Å². The zero-order chi connectivity index (χ0) is 19.4. The van der Waals surface area contributed by atoms with Gasteiger partial charge in [0.1, 0.15) is 0 Å². The Hall–Kier alpha value is -1.44. The van der Waals surface area contributed by atoms with Gasteiger partial charge >= 0.3 is 0 Å². The van der Waals surface area contributed by atoms with Crippen LogP contribution in [0.3, 0.4) is 0 Å². The van der Waals surface area contributed by atoms with Gasteiger partial charge in [-0.25, -0.2) is 8.42 Å². The van der Waals surface area contributed by atoms with Crippen LogP contribution >= 0.6 is 0 Å². The van der Waals surface area contributed by atoms with E-state index < -0.39 is 10.0 Å². The maximum Gasteiger partial charge on any atom is 0.243 e. The van der Waals surface area contributed by atoms with E-state index in [-0.39, 0.29) is 11.9 Å². The predicted molar refractivity (Wildman–Crippen MR) is 106 cm³/mol. The van der Waals surface area contributed by atoms with E-state index in [0.29, 0.717) is 43.3 Å². The topological polar surface area (TPSA) is 83.7 Å². The summed E-state index contributed by atoms with van der Waals surface area (Å²) in [6, 6.07) is 7.13. The van der Waals surface area contributed by atoms with Crippen LogP contribution in [0.2, 0.25) is 0 Å². The molecule has 0 spiro atoms. The van der Waals surface area contributed by atoms with Gasteiger partial charge in [0.15, 0.2) is 0 Å². The van der Waals surface area contributed by atoms with Gasteiger partial charge < -0.3 is 10.6 Å². The number of hydrogen-bond donors (Lipinski definition) is 1. The average molecular weight is 394 g/mol. The van der Waals surface area contributed by atoms with Crippen LogP contribution in [0.15, 0.2) is 29.2 Å². The highest BCUT2D eigenvalue weighted by molar-refractivity contribution is 7.89. The molecule has 2 N–H and O–H groups in total. The number of carbonyl (C=O) groups is 1. The number of nitrogens with zero attached hydrogens (tertiary/aromatic N) is 2. The fourth-order valence-electron chi connectivity index (χ4n) is 4.10. The van der Waals surface area contributed by atoms with E-state index in [4.69, 9.17) is 5.73 Å². The maximum absolute atomic E-state index is 12.6. The molecule has 6 nitrogen and oxygen atoms in total. The van der Waals surface area contributed by atoms with Crippen molar-refractivity contribution < 1.29 is 13.2 Å². The lowest BCUT2D eigenvalue weighted by Crippen LogP contribution is -2.49. The second-order valence-corrected chi connectivity index (χ2v) is 9.80. The van der Waals surface area contributed by atoms with Crippen LogP contribution < -0.4 is 5.73 Å². The van der Waals surface area contributed by atoms with Gasteiger partial charge in [0.2, 0.25) is 15.9 Å². The third-order valence-electron chi connectivity index (χ3n) is 5.82.